The number of rotatable bonds is 3. The molecule has 0 aromatic carbocycles. The number of aromatic hydroxyl groups is 1. The van der Waals surface area contributed by atoms with Gasteiger partial charge in [0.1, 0.15) is 0 Å². The average molecular weight is 196 g/mol. The minimum atomic E-state index is -0.201. The monoisotopic (exact) mass is 196 g/mol. The van der Waals surface area contributed by atoms with Gasteiger partial charge in [-0.1, -0.05) is 13.8 Å². The molecule has 4 heteroatoms. The van der Waals surface area contributed by atoms with E-state index in [4.69, 9.17) is 0 Å². The van der Waals surface area contributed by atoms with Gasteiger partial charge in [0.25, 0.3) is 0 Å². The summed E-state index contributed by atoms with van der Waals surface area (Å²) in [5, 5.41) is 13.7. The Balaban J connectivity index is 3.08. The van der Waals surface area contributed by atoms with Crippen molar-refractivity contribution in [2.24, 2.45) is 5.92 Å². The maximum absolute atomic E-state index is 11.1. The largest absolute Gasteiger partial charge is 0.504 e. The molecule has 1 aromatic heterocycles. The molecule has 0 spiro atoms. The molecule has 0 aliphatic rings. The van der Waals surface area contributed by atoms with Crippen LogP contribution in [0.15, 0.2) is 0 Å². The number of hydrogen-bond acceptors (Lipinski definition) is 3. The highest BCUT2D eigenvalue weighted by Crippen LogP contribution is 2.22. The first-order valence-electron chi connectivity index (χ1n) is 4.70. The zero-order valence-corrected chi connectivity index (χ0v) is 9.03. The quantitative estimate of drug-likeness (QED) is 0.749. The lowest BCUT2D eigenvalue weighted by atomic mass is 10.2. The summed E-state index contributed by atoms with van der Waals surface area (Å²) in [4.78, 5) is 11.1. The van der Waals surface area contributed by atoms with Crippen LogP contribution in [0, 0.1) is 12.8 Å². The molecule has 0 saturated heterocycles. The predicted octanol–water partition coefficient (Wildman–Crippen LogP) is 1.76. The number of hydrogen-bond donors (Lipinski definition) is 1. The number of nitrogens with zero attached hydrogens (tertiary/aromatic N) is 2. The lowest BCUT2D eigenvalue weighted by molar-refractivity contribution is 0.100. The van der Waals surface area contributed by atoms with Crippen molar-refractivity contribution >= 4 is 5.78 Å². The van der Waals surface area contributed by atoms with Gasteiger partial charge in [-0.15, -0.1) is 0 Å². The van der Waals surface area contributed by atoms with E-state index < -0.39 is 0 Å². The van der Waals surface area contributed by atoms with E-state index >= 15 is 0 Å². The van der Waals surface area contributed by atoms with E-state index in [0.29, 0.717) is 18.2 Å². The summed E-state index contributed by atoms with van der Waals surface area (Å²) in [7, 11) is 0. The molecule has 0 fully saturated rings. The third-order valence-electron chi connectivity index (χ3n) is 2.05. The molecule has 0 bridgehead atoms. The molecule has 0 amide bonds. The van der Waals surface area contributed by atoms with Crippen LogP contribution in [0.5, 0.6) is 5.75 Å². The van der Waals surface area contributed by atoms with Gasteiger partial charge in [0.15, 0.2) is 17.2 Å². The van der Waals surface area contributed by atoms with Crippen molar-refractivity contribution in [2.45, 2.75) is 34.2 Å². The van der Waals surface area contributed by atoms with Gasteiger partial charge in [0, 0.05) is 13.5 Å². The SMILES string of the molecule is CC(=O)c1nn(CC(C)C)c(C)c1O. The normalized spacial score (nSPS) is 10.9. The second kappa shape index (κ2) is 3.82. The van der Waals surface area contributed by atoms with Crippen molar-refractivity contribution in [3.05, 3.63) is 11.4 Å². The smallest absolute Gasteiger partial charge is 0.183 e. The molecular weight excluding hydrogens is 180 g/mol. The Labute approximate surface area is 83.5 Å². The molecular formula is C10H16N2O2. The van der Waals surface area contributed by atoms with Crippen molar-refractivity contribution in [1.82, 2.24) is 9.78 Å². The van der Waals surface area contributed by atoms with Crippen LogP contribution in [0.4, 0.5) is 0 Å². The Bertz CT molecular complexity index is 353. The fourth-order valence-corrected chi connectivity index (χ4v) is 1.30. The topological polar surface area (TPSA) is 55.1 Å². The maximum Gasteiger partial charge on any atom is 0.183 e. The summed E-state index contributed by atoms with van der Waals surface area (Å²) in [6.45, 7) is 8.00. The summed E-state index contributed by atoms with van der Waals surface area (Å²) in [6.07, 6.45) is 0. The summed E-state index contributed by atoms with van der Waals surface area (Å²) >= 11 is 0. The van der Waals surface area contributed by atoms with Gasteiger partial charge in [-0.05, 0) is 12.8 Å². The second-order valence-corrected chi connectivity index (χ2v) is 3.91. The molecule has 4 nitrogen and oxygen atoms in total. The summed E-state index contributed by atoms with van der Waals surface area (Å²) in [5.41, 5.74) is 0.826. The zero-order chi connectivity index (χ0) is 10.9. The molecule has 0 aliphatic heterocycles. The highest BCUT2D eigenvalue weighted by atomic mass is 16.3. The fourth-order valence-electron chi connectivity index (χ4n) is 1.30. The minimum absolute atomic E-state index is 0.0122. The molecule has 1 rings (SSSR count). The van der Waals surface area contributed by atoms with Crippen molar-refractivity contribution in [2.75, 3.05) is 0 Å². The van der Waals surface area contributed by atoms with E-state index in [-0.39, 0.29) is 17.2 Å². The highest BCUT2D eigenvalue weighted by Gasteiger charge is 2.17. The van der Waals surface area contributed by atoms with E-state index in [0.717, 1.165) is 0 Å². The van der Waals surface area contributed by atoms with Gasteiger partial charge in [0.05, 0.1) is 5.69 Å². The highest BCUT2D eigenvalue weighted by molar-refractivity contribution is 5.94. The molecule has 1 heterocycles. The van der Waals surface area contributed by atoms with E-state index in [1.54, 1.807) is 11.6 Å². The van der Waals surface area contributed by atoms with Gasteiger partial charge < -0.3 is 5.11 Å². The molecule has 0 saturated carbocycles. The fraction of sp³-hybridized carbons (Fsp3) is 0.600. The lowest BCUT2D eigenvalue weighted by Crippen LogP contribution is -2.08. The maximum atomic E-state index is 11.1. The Kier molecular flexibility index (Phi) is 2.93. The number of carbonyl (C=O) groups excluding carboxylic acids is 1. The molecule has 78 valence electrons. The minimum Gasteiger partial charge on any atom is -0.504 e. The third kappa shape index (κ3) is 1.95. The van der Waals surface area contributed by atoms with E-state index in [1.807, 2.05) is 0 Å². The summed E-state index contributed by atoms with van der Waals surface area (Å²) in [5.74, 6) is 0.249. The molecule has 1 aromatic rings. The summed E-state index contributed by atoms with van der Waals surface area (Å²) < 4.78 is 1.68. The van der Waals surface area contributed by atoms with Crippen LogP contribution in [0.2, 0.25) is 0 Å². The van der Waals surface area contributed by atoms with E-state index in [1.165, 1.54) is 6.92 Å². The molecule has 1 N–H and O–H groups in total. The summed E-state index contributed by atoms with van der Waals surface area (Å²) in [6, 6.07) is 0. The Hall–Kier alpha value is -1.32. The van der Waals surface area contributed by atoms with Gasteiger partial charge in [-0.3, -0.25) is 9.48 Å². The lowest BCUT2D eigenvalue weighted by Gasteiger charge is -2.06. The predicted molar refractivity (Wildman–Crippen MR) is 53.5 cm³/mol. The van der Waals surface area contributed by atoms with Crippen molar-refractivity contribution in [1.29, 1.82) is 0 Å². The van der Waals surface area contributed by atoms with E-state index in [2.05, 4.69) is 18.9 Å². The second-order valence-electron chi connectivity index (χ2n) is 3.91. The van der Waals surface area contributed by atoms with Crippen LogP contribution in [-0.2, 0) is 6.54 Å². The standard InChI is InChI=1S/C10H16N2O2/c1-6(2)5-12-7(3)10(14)9(11-12)8(4)13/h6,14H,5H2,1-4H3. The van der Waals surface area contributed by atoms with Gasteiger partial charge in [0.2, 0.25) is 0 Å². The third-order valence-corrected chi connectivity index (χ3v) is 2.05. The molecule has 0 aliphatic carbocycles. The van der Waals surface area contributed by atoms with Crippen molar-refractivity contribution in [3.8, 4) is 5.75 Å². The molecule has 0 unspecified atom stereocenters. The van der Waals surface area contributed by atoms with Crippen LogP contribution in [0.25, 0.3) is 0 Å². The van der Waals surface area contributed by atoms with Crippen LogP contribution in [-0.4, -0.2) is 20.7 Å². The van der Waals surface area contributed by atoms with Gasteiger partial charge >= 0.3 is 0 Å². The number of carbonyl (C=O) groups is 1. The first-order chi connectivity index (χ1) is 6.43. The first-order valence-corrected chi connectivity index (χ1v) is 4.70. The zero-order valence-electron chi connectivity index (χ0n) is 9.03. The van der Waals surface area contributed by atoms with Crippen LogP contribution < -0.4 is 0 Å². The van der Waals surface area contributed by atoms with Gasteiger partial charge in [-0.2, -0.15) is 5.10 Å². The van der Waals surface area contributed by atoms with E-state index in [9.17, 15) is 9.90 Å². The Morgan fingerprint density at radius 2 is 2.14 bits per heavy atom. The van der Waals surface area contributed by atoms with Crippen LogP contribution >= 0.6 is 0 Å². The number of Topliss-reactive ketones (excluding diaryl/α,β-unsaturated/α-hetero) is 1. The van der Waals surface area contributed by atoms with Crippen molar-refractivity contribution < 1.29 is 9.90 Å². The number of aromatic nitrogens is 2. The molecule has 0 atom stereocenters. The molecule has 0 radical (unpaired) electrons. The van der Waals surface area contributed by atoms with Gasteiger partial charge in [-0.25, -0.2) is 0 Å². The van der Waals surface area contributed by atoms with Crippen LogP contribution in [0.1, 0.15) is 37.0 Å². The number of ketones is 1. The Morgan fingerprint density at radius 1 is 1.57 bits per heavy atom. The van der Waals surface area contributed by atoms with Crippen molar-refractivity contribution in [3.63, 3.8) is 0 Å². The first kappa shape index (κ1) is 10.8. The molecule has 14 heavy (non-hydrogen) atoms. The Morgan fingerprint density at radius 3 is 2.50 bits per heavy atom. The van der Waals surface area contributed by atoms with Crippen LogP contribution in [0.3, 0.4) is 0 Å². The average Bonchev–Trinajstić information content (AvgIpc) is 2.32.